The number of hydrogen-bond donors (Lipinski definition) is 0. The quantitative estimate of drug-likeness (QED) is 0.856. The van der Waals surface area contributed by atoms with Crippen molar-refractivity contribution in [3.63, 3.8) is 0 Å². The number of rotatable bonds is 4. The molecule has 6 nitrogen and oxygen atoms in total. The van der Waals surface area contributed by atoms with Gasteiger partial charge in [-0.1, -0.05) is 0 Å². The Hall–Kier alpha value is -1.95. The molecular formula is C18H25N5O. The molecular weight excluding hydrogens is 302 g/mol. The molecule has 0 atom stereocenters. The second-order valence-corrected chi connectivity index (χ2v) is 7.16. The first kappa shape index (κ1) is 15.6. The zero-order valence-corrected chi connectivity index (χ0v) is 14.3. The highest BCUT2D eigenvalue weighted by Gasteiger charge is 2.23. The first-order valence-electron chi connectivity index (χ1n) is 9.00. The number of aromatic nitrogens is 4. The van der Waals surface area contributed by atoms with Crippen molar-refractivity contribution in [3.8, 4) is 0 Å². The molecule has 6 heteroatoms. The second-order valence-electron chi connectivity index (χ2n) is 7.16. The van der Waals surface area contributed by atoms with Crippen molar-refractivity contribution < 1.29 is 0 Å². The van der Waals surface area contributed by atoms with Crippen molar-refractivity contribution in [2.24, 2.45) is 5.92 Å². The van der Waals surface area contributed by atoms with E-state index in [2.05, 4.69) is 26.0 Å². The summed E-state index contributed by atoms with van der Waals surface area (Å²) in [5, 5.41) is 8.86. The maximum Gasteiger partial charge on any atom is 0.266 e. The minimum Gasteiger partial charge on any atom is -0.299 e. The van der Waals surface area contributed by atoms with Crippen LogP contribution in [-0.4, -0.2) is 37.6 Å². The molecule has 128 valence electrons. The molecule has 4 rings (SSSR count). The predicted molar refractivity (Wildman–Crippen MR) is 91.8 cm³/mol. The number of fused-ring (bicyclic) bond motifs is 1. The molecule has 1 saturated heterocycles. The third-order valence-electron chi connectivity index (χ3n) is 5.35. The molecule has 0 saturated carbocycles. The monoisotopic (exact) mass is 327 g/mol. The lowest BCUT2D eigenvalue weighted by molar-refractivity contribution is 0.163. The molecule has 2 aliphatic rings. The Bertz CT molecular complexity index is 770. The van der Waals surface area contributed by atoms with E-state index in [0.29, 0.717) is 5.92 Å². The highest BCUT2D eigenvalue weighted by atomic mass is 16.1. The van der Waals surface area contributed by atoms with Crippen molar-refractivity contribution in [1.29, 1.82) is 0 Å². The van der Waals surface area contributed by atoms with Gasteiger partial charge < -0.3 is 0 Å². The Labute approximate surface area is 142 Å². The molecule has 1 fully saturated rings. The fourth-order valence-corrected chi connectivity index (χ4v) is 3.95. The van der Waals surface area contributed by atoms with Crippen LogP contribution in [0.2, 0.25) is 0 Å². The standard InChI is InChI=1S/C18H25N5O/c1-14-4-5-18(24)23(20-14)12-15-6-9-21(10-7-15)13-16-11-19-22-8-2-3-17(16)22/h4-5,11,15H,2-3,6-10,12-13H2,1H3. The van der Waals surface area contributed by atoms with E-state index in [4.69, 9.17) is 0 Å². The molecule has 4 heterocycles. The summed E-state index contributed by atoms with van der Waals surface area (Å²) >= 11 is 0. The number of likely N-dealkylation sites (tertiary alicyclic amines) is 1. The molecule has 2 aliphatic heterocycles. The van der Waals surface area contributed by atoms with Crippen molar-refractivity contribution >= 4 is 0 Å². The average Bonchev–Trinajstić information content (AvgIpc) is 3.18. The van der Waals surface area contributed by atoms with Gasteiger partial charge in [-0.05, 0) is 57.7 Å². The lowest BCUT2D eigenvalue weighted by Gasteiger charge is -2.31. The molecule has 0 aromatic carbocycles. The largest absolute Gasteiger partial charge is 0.299 e. The average molecular weight is 327 g/mol. The summed E-state index contributed by atoms with van der Waals surface area (Å²) in [6.07, 6.45) is 6.72. The fraction of sp³-hybridized carbons (Fsp3) is 0.611. The summed E-state index contributed by atoms with van der Waals surface area (Å²) in [6, 6.07) is 3.41. The Morgan fingerprint density at radius 2 is 2.04 bits per heavy atom. The molecule has 0 N–H and O–H groups in total. The van der Waals surface area contributed by atoms with E-state index < -0.39 is 0 Å². The Morgan fingerprint density at radius 3 is 2.88 bits per heavy atom. The van der Waals surface area contributed by atoms with Gasteiger partial charge in [0.2, 0.25) is 0 Å². The highest BCUT2D eigenvalue weighted by molar-refractivity contribution is 5.20. The molecule has 0 unspecified atom stereocenters. The third-order valence-corrected chi connectivity index (χ3v) is 5.35. The smallest absolute Gasteiger partial charge is 0.266 e. The Kier molecular flexibility index (Phi) is 4.22. The summed E-state index contributed by atoms with van der Waals surface area (Å²) in [6.45, 7) is 6.96. The SMILES string of the molecule is Cc1ccc(=O)n(CC2CCN(Cc3cnn4c3CCC4)CC2)n1. The normalized spacial score (nSPS) is 18.9. The van der Waals surface area contributed by atoms with Crippen LogP contribution >= 0.6 is 0 Å². The van der Waals surface area contributed by atoms with E-state index >= 15 is 0 Å². The van der Waals surface area contributed by atoms with Crippen LogP contribution in [0, 0.1) is 12.8 Å². The first-order chi connectivity index (χ1) is 11.7. The van der Waals surface area contributed by atoms with Gasteiger partial charge in [0.25, 0.3) is 5.56 Å². The Balaban J connectivity index is 1.33. The number of piperidine rings is 1. The van der Waals surface area contributed by atoms with Crippen LogP contribution in [0.25, 0.3) is 0 Å². The van der Waals surface area contributed by atoms with Crippen LogP contribution in [0.5, 0.6) is 0 Å². The van der Waals surface area contributed by atoms with Crippen molar-refractivity contribution in [3.05, 3.63) is 45.6 Å². The van der Waals surface area contributed by atoms with Gasteiger partial charge >= 0.3 is 0 Å². The van der Waals surface area contributed by atoms with E-state index in [1.807, 2.05) is 6.92 Å². The lowest BCUT2D eigenvalue weighted by atomic mass is 9.96. The summed E-state index contributed by atoms with van der Waals surface area (Å²) in [4.78, 5) is 14.4. The zero-order chi connectivity index (χ0) is 16.5. The molecule has 0 amide bonds. The minimum absolute atomic E-state index is 0.0125. The topological polar surface area (TPSA) is 56.0 Å². The summed E-state index contributed by atoms with van der Waals surface area (Å²) in [5.74, 6) is 0.547. The van der Waals surface area contributed by atoms with Gasteiger partial charge in [-0.25, -0.2) is 4.68 Å². The summed E-state index contributed by atoms with van der Waals surface area (Å²) in [7, 11) is 0. The molecule has 2 aromatic heterocycles. The minimum atomic E-state index is 0.0125. The number of nitrogens with zero attached hydrogens (tertiary/aromatic N) is 5. The van der Waals surface area contributed by atoms with E-state index in [0.717, 1.165) is 51.3 Å². The van der Waals surface area contributed by atoms with Gasteiger partial charge in [0, 0.05) is 37.0 Å². The van der Waals surface area contributed by atoms with Crippen LogP contribution < -0.4 is 5.56 Å². The van der Waals surface area contributed by atoms with Gasteiger partial charge in [-0.3, -0.25) is 14.4 Å². The van der Waals surface area contributed by atoms with Gasteiger partial charge in [-0.2, -0.15) is 10.2 Å². The predicted octanol–water partition coefficient (Wildman–Crippen LogP) is 1.61. The van der Waals surface area contributed by atoms with Crippen LogP contribution in [0.1, 0.15) is 36.2 Å². The van der Waals surface area contributed by atoms with Crippen LogP contribution in [0.15, 0.2) is 23.1 Å². The van der Waals surface area contributed by atoms with Gasteiger partial charge in [0.05, 0.1) is 11.9 Å². The summed E-state index contributed by atoms with van der Waals surface area (Å²) in [5.41, 5.74) is 3.76. The third kappa shape index (κ3) is 3.15. The maximum absolute atomic E-state index is 11.9. The van der Waals surface area contributed by atoms with Crippen LogP contribution in [-0.2, 0) is 26.1 Å². The molecule has 2 aromatic rings. The maximum atomic E-state index is 11.9. The van der Waals surface area contributed by atoms with Crippen molar-refractivity contribution in [2.45, 2.75) is 52.2 Å². The molecule has 0 radical (unpaired) electrons. The highest BCUT2D eigenvalue weighted by Crippen LogP contribution is 2.23. The second kappa shape index (κ2) is 6.51. The summed E-state index contributed by atoms with van der Waals surface area (Å²) < 4.78 is 3.80. The van der Waals surface area contributed by atoms with E-state index in [1.54, 1.807) is 16.8 Å². The van der Waals surface area contributed by atoms with Crippen molar-refractivity contribution in [1.82, 2.24) is 24.5 Å². The number of aryl methyl sites for hydroxylation is 2. The van der Waals surface area contributed by atoms with Crippen LogP contribution in [0.4, 0.5) is 0 Å². The van der Waals surface area contributed by atoms with E-state index in [9.17, 15) is 4.79 Å². The van der Waals surface area contributed by atoms with E-state index in [-0.39, 0.29) is 5.56 Å². The van der Waals surface area contributed by atoms with Crippen molar-refractivity contribution in [2.75, 3.05) is 13.1 Å². The van der Waals surface area contributed by atoms with Gasteiger partial charge in [0.15, 0.2) is 0 Å². The lowest BCUT2D eigenvalue weighted by Crippen LogP contribution is -2.36. The molecule has 0 spiro atoms. The molecule has 0 aliphatic carbocycles. The number of hydrogen-bond acceptors (Lipinski definition) is 4. The first-order valence-corrected chi connectivity index (χ1v) is 9.00. The fourth-order valence-electron chi connectivity index (χ4n) is 3.95. The zero-order valence-electron chi connectivity index (χ0n) is 14.3. The van der Waals surface area contributed by atoms with Crippen LogP contribution in [0.3, 0.4) is 0 Å². The van der Waals surface area contributed by atoms with Gasteiger partial charge in [0.1, 0.15) is 0 Å². The Morgan fingerprint density at radius 1 is 1.21 bits per heavy atom. The van der Waals surface area contributed by atoms with Gasteiger partial charge in [-0.15, -0.1) is 0 Å². The molecule has 24 heavy (non-hydrogen) atoms. The molecule has 0 bridgehead atoms. The van der Waals surface area contributed by atoms with E-state index in [1.165, 1.54) is 24.1 Å².